The fraction of sp³-hybridized carbons (Fsp3) is 1.00. The molecule has 0 spiro atoms. The molecule has 1 N–H and O–H groups in total. The van der Waals surface area contributed by atoms with E-state index in [1.165, 1.54) is 19.3 Å². The summed E-state index contributed by atoms with van der Waals surface area (Å²) < 4.78 is 23.0. The maximum Gasteiger partial charge on any atom is 0.150 e. The Morgan fingerprint density at radius 1 is 0.812 bits per heavy atom. The van der Waals surface area contributed by atoms with Crippen LogP contribution in [0, 0.1) is 0 Å². The number of hydrogen-bond donors (Lipinski definition) is 1. The Hall–Kier alpha value is -0.0900. The molecule has 0 aliphatic carbocycles. The summed E-state index contributed by atoms with van der Waals surface area (Å²) in [4.78, 5) is 0. The lowest BCUT2D eigenvalue weighted by molar-refractivity contribution is 0.287. The number of unbranched alkanes of at least 4 members (excludes halogenated alkanes) is 6. The number of rotatable bonds is 11. The Morgan fingerprint density at radius 3 is 1.88 bits per heavy atom. The van der Waals surface area contributed by atoms with E-state index in [0.717, 1.165) is 19.3 Å². The lowest BCUT2D eigenvalue weighted by atomic mass is 10.1. The van der Waals surface area contributed by atoms with Gasteiger partial charge in [0, 0.05) is 6.61 Å². The second-order valence-electron chi connectivity index (χ2n) is 4.35. The van der Waals surface area contributed by atoms with Crippen LogP contribution in [0.2, 0.25) is 0 Å². The van der Waals surface area contributed by atoms with Crippen molar-refractivity contribution < 1.29 is 13.5 Å². The highest BCUT2D eigenvalue weighted by Crippen LogP contribution is 2.07. The highest BCUT2D eigenvalue weighted by molar-refractivity contribution is 7.91. The topological polar surface area (TPSA) is 54.4 Å². The van der Waals surface area contributed by atoms with Crippen molar-refractivity contribution in [3.63, 3.8) is 0 Å². The molecule has 0 rings (SSSR count). The summed E-state index contributed by atoms with van der Waals surface area (Å²) in [6.07, 6.45) is 7.86. The first-order valence-corrected chi connectivity index (χ1v) is 8.26. The number of aliphatic hydroxyl groups excluding tert-OH is 1. The van der Waals surface area contributed by atoms with E-state index in [1.807, 2.05) is 0 Å². The quantitative estimate of drug-likeness (QED) is 0.573. The van der Waals surface area contributed by atoms with Gasteiger partial charge in [-0.3, -0.25) is 0 Å². The molecule has 0 fully saturated rings. The van der Waals surface area contributed by atoms with Gasteiger partial charge in [0.1, 0.15) is 9.84 Å². The minimum absolute atomic E-state index is 0.0898. The van der Waals surface area contributed by atoms with Crippen molar-refractivity contribution in [3.05, 3.63) is 0 Å². The molecule has 0 aliphatic rings. The van der Waals surface area contributed by atoms with E-state index >= 15 is 0 Å². The number of aliphatic hydroxyl groups is 1. The van der Waals surface area contributed by atoms with Gasteiger partial charge in [0.25, 0.3) is 0 Å². The molecule has 0 bridgehead atoms. The zero-order chi connectivity index (χ0) is 12.3. The second-order valence-corrected chi connectivity index (χ2v) is 6.65. The Kier molecular flexibility index (Phi) is 10.0. The number of sulfone groups is 1. The van der Waals surface area contributed by atoms with Gasteiger partial charge in [-0.15, -0.1) is 0 Å². The van der Waals surface area contributed by atoms with Crippen LogP contribution in [0.5, 0.6) is 0 Å². The van der Waals surface area contributed by atoms with Crippen molar-refractivity contribution in [3.8, 4) is 0 Å². The van der Waals surface area contributed by atoms with Gasteiger partial charge < -0.3 is 5.11 Å². The van der Waals surface area contributed by atoms with Crippen LogP contribution in [-0.4, -0.2) is 31.6 Å². The smallest absolute Gasteiger partial charge is 0.150 e. The van der Waals surface area contributed by atoms with Crippen molar-refractivity contribution in [1.82, 2.24) is 0 Å². The molecule has 0 saturated heterocycles. The van der Waals surface area contributed by atoms with Crippen LogP contribution in [0.4, 0.5) is 0 Å². The molecule has 0 heterocycles. The molecule has 0 aliphatic heterocycles. The summed E-state index contributed by atoms with van der Waals surface area (Å²) in [5.41, 5.74) is 0. The van der Waals surface area contributed by atoms with Gasteiger partial charge in [0.2, 0.25) is 0 Å². The summed E-state index contributed by atoms with van der Waals surface area (Å²) in [6, 6.07) is 0. The van der Waals surface area contributed by atoms with Crippen molar-refractivity contribution in [2.75, 3.05) is 18.1 Å². The van der Waals surface area contributed by atoms with Crippen molar-refractivity contribution in [2.24, 2.45) is 0 Å². The summed E-state index contributed by atoms with van der Waals surface area (Å²) in [5, 5.41) is 8.56. The Balaban J connectivity index is 3.43. The largest absolute Gasteiger partial charge is 0.396 e. The third-order valence-electron chi connectivity index (χ3n) is 2.67. The van der Waals surface area contributed by atoms with Crippen LogP contribution in [-0.2, 0) is 9.84 Å². The van der Waals surface area contributed by atoms with E-state index in [9.17, 15) is 8.42 Å². The molecule has 0 aromatic carbocycles. The van der Waals surface area contributed by atoms with Crippen LogP contribution in [0.1, 0.15) is 58.3 Å². The number of hydrogen-bond acceptors (Lipinski definition) is 3. The molecule has 98 valence electrons. The van der Waals surface area contributed by atoms with Gasteiger partial charge in [0.05, 0.1) is 11.5 Å². The zero-order valence-electron chi connectivity index (χ0n) is 10.5. The van der Waals surface area contributed by atoms with Crippen LogP contribution in [0.15, 0.2) is 0 Å². The summed E-state index contributed by atoms with van der Waals surface area (Å²) in [5.74, 6) is 0.563. The summed E-state index contributed by atoms with van der Waals surface area (Å²) >= 11 is 0. The molecule has 0 amide bonds. The monoisotopic (exact) mass is 250 g/mol. The van der Waals surface area contributed by atoms with Gasteiger partial charge in [-0.2, -0.15) is 0 Å². The zero-order valence-corrected chi connectivity index (χ0v) is 11.3. The van der Waals surface area contributed by atoms with Crippen LogP contribution >= 0.6 is 0 Å². The molecule has 4 heteroatoms. The minimum Gasteiger partial charge on any atom is -0.396 e. The lowest BCUT2D eigenvalue weighted by Gasteiger charge is -2.03. The van der Waals surface area contributed by atoms with Crippen LogP contribution < -0.4 is 0 Å². The third kappa shape index (κ3) is 10.4. The van der Waals surface area contributed by atoms with E-state index in [0.29, 0.717) is 18.6 Å². The first-order valence-electron chi connectivity index (χ1n) is 6.43. The fourth-order valence-electron chi connectivity index (χ4n) is 1.64. The molecule has 16 heavy (non-hydrogen) atoms. The molecule has 3 nitrogen and oxygen atoms in total. The van der Waals surface area contributed by atoms with Crippen molar-refractivity contribution in [2.45, 2.75) is 58.3 Å². The van der Waals surface area contributed by atoms with Gasteiger partial charge in [0.15, 0.2) is 0 Å². The predicted octanol–water partition coefficient (Wildman–Crippen LogP) is 2.53. The maximum absolute atomic E-state index is 11.5. The summed E-state index contributed by atoms with van der Waals surface area (Å²) in [6.45, 7) is 2.26. The first-order chi connectivity index (χ1) is 7.62. The van der Waals surface area contributed by atoms with Crippen LogP contribution in [0.3, 0.4) is 0 Å². The molecule has 0 aromatic heterocycles. The average Bonchev–Trinajstić information content (AvgIpc) is 2.23. The second kappa shape index (κ2) is 10.1. The summed E-state index contributed by atoms with van der Waals surface area (Å²) in [7, 11) is -2.86. The third-order valence-corrected chi connectivity index (χ3v) is 4.49. The highest BCUT2D eigenvalue weighted by atomic mass is 32.2. The molecule has 0 radical (unpaired) electrons. The molecular formula is C12H26O3S. The predicted molar refractivity (Wildman–Crippen MR) is 68.3 cm³/mol. The molecule has 0 atom stereocenters. The average molecular weight is 250 g/mol. The van der Waals surface area contributed by atoms with Crippen LogP contribution in [0.25, 0.3) is 0 Å². The molecule has 0 aromatic rings. The minimum atomic E-state index is -2.86. The normalized spacial score (nSPS) is 11.9. The SMILES string of the molecule is CCCCCCCCS(=O)(=O)CCCCO. The van der Waals surface area contributed by atoms with E-state index in [4.69, 9.17) is 5.11 Å². The molecule has 0 unspecified atom stereocenters. The van der Waals surface area contributed by atoms with Crippen molar-refractivity contribution >= 4 is 9.84 Å². The van der Waals surface area contributed by atoms with Gasteiger partial charge in [-0.05, 0) is 19.3 Å². The Morgan fingerprint density at radius 2 is 1.31 bits per heavy atom. The Labute approximate surface area is 100 Å². The van der Waals surface area contributed by atoms with E-state index in [1.54, 1.807) is 0 Å². The van der Waals surface area contributed by atoms with E-state index in [-0.39, 0.29) is 12.4 Å². The highest BCUT2D eigenvalue weighted by Gasteiger charge is 2.09. The van der Waals surface area contributed by atoms with Crippen molar-refractivity contribution in [1.29, 1.82) is 0 Å². The van der Waals surface area contributed by atoms with Gasteiger partial charge in [-0.25, -0.2) is 8.42 Å². The first kappa shape index (κ1) is 15.9. The van der Waals surface area contributed by atoms with E-state index in [2.05, 4.69) is 6.92 Å². The maximum atomic E-state index is 11.5. The lowest BCUT2D eigenvalue weighted by Crippen LogP contribution is -2.11. The van der Waals surface area contributed by atoms with Gasteiger partial charge >= 0.3 is 0 Å². The molecule has 0 saturated carbocycles. The van der Waals surface area contributed by atoms with E-state index < -0.39 is 9.84 Å². The molecular weight excluding hydrogens is 224 g/mol. The standard InChI is InChI=1S/C12H26O3S/c1-2-3-4-5-6-8-11-16(14,15)12-9-7-10-13/h13H,2-12H2,1H3. The Bertz CT molecular complexity index is 235. The fourth-order valence-corrected chi connectivity index (χ4v) is 3.13. The van der Waals surface area contributed by atoms with Gasteiger partial charge in [-0.1, -0.05) is 39.0 Å².